The third kappa shape index (κ3) is 3.05. The van der Waals surface area contributed by atoms with Crippen molar-refractivity contribution in [2.45, 2.75) is 70.1 Å². The molecule has 1 heterocycles. The van der Waals surface area contributed by atoms with E-state index >= 15 is 0 Å². The molecule has 144 valence electrons. The molecule has 0 N–H and O–H groups in total. The van der Waals surface area contributed by atoms with Gasteiger partial charge in [0.1, 0.15) is 8.42 Å². The molecule has 2 aliphatic rings. The summed E-state index contributed by atoms with van der Waals surface area (Å²) in [6.07, 6.45) is 11.4. The lowest BCUT2D eigenvalue weighted by atomic mass is 9.84. The first-order valence-corrected chi connectivity index (χ1v) is 11.2. The number of aromatic nitrogens is 1. The number of hydrogen-bond donors (Lipinski definition) is 0. The number of rotatable bonds is 3. The van der Waals surface area contributed by atoms with Crippen LogP contribution < -0.4 is 4.57 Å². The van der Waals surface area contributed by atoms with Gasteiger partial charge >= 0.3 is 0 Å². The van der Waals surface area contributed by atoms with Crippen LogP contribution in [0, 0.1) is 6.92 Å². The minimum Gasteiger partial charge on any atom is -0.200 e. The molecular weight excluding hydrogens is 338 g/mol. The van der Waals surface area contributed by atoms with Gasteiger partial charge in [0, 0.05) is 6.07 Å². The fraction of sp³-hybridized carbons (Fsp3) is 0.444. The second kappa shape index (κ2) is 7.35. The summed E-state index contributed by atoms with van der Waals surface area (Å²) in [6.45, 7) is 2.33. The van der Waals surface area contributed by atoms with Crippen LogP contribution in [0.1, 0.15) is 81.3 Å². The zero-order valence-corrected chi connectivity index (χ0v) is 17.3. The van der Waals surface area contributed by atoms with Crippen LogP contribution in [0.15, 0.2) is 48.6 Å². The predicted molar refractivity (Wildman–Crippen MR) is 118 cm³/mol. The van der Waals surface area contributed by atoms with E-state index < -0.39 is 0 Å². The van der Waals surface area contributed by atoms with E-state index in [1.54, 1.807) is 11.1 Å². The van der Waals surface area contributed by atoms with Gasteiger partial charge in [-0.1, -0.05) is 49.9 Å². The lowest BCUT2D eigenvalue weighted by Gasteiger charge is -2.21. The molecule has 28 heavy (non-hydrogen) atoms. The van der Waals surface area contributed by atoms with Gasteiger partial charge in [-0.15, -0.1) is 0 Å². The summed E-state index contributed by atoms with van der Waals surface area (Å²) in [7, 11) is 2.06. The third-order valence-electron chi connectivity index (χ3n) is 7.31. The molecule has 2 aliphatic carbocycles. The van der Waals surface area contributed by atoms with Crippen LogP contribution in [0.3, 0.4) is 0 Å². The normalized spacial score (nSPS) is 18.9. The Morgan fingerprint density at radius 2 is 1.57 bits per heavy atom. The van der Waals surface area contributed by atoms with Gasteiger partial charge in [-0.3, -0.25) is 0 Å². The number of pyridine rings is 1. The molecule has 0 bridgehead atoms. The van der Waals surface area contributed by atoms with E-state index in [-0.39, 0.29) is 0 Å². The largest absolute Gasteiger partial charge is 0.220 e. The second-order valence-electron chi connectivity index (χ2n) is 9.01. The van der Waals surface area contributed by atoms with E-state index in [1.807, 2.05) is 6.07 Å². The summed E-state index contributed by atoms with van der Waals surface area (Å²) in [6, 6.07) is 15.6. The molecule has 2 fully saturated rings. The molecule has 0 amide bonds. The van der Waals surface area contributed by atoms with Crippen LogP contribution in [0.5, 0.6) is 0 Å². The van der Waals surface area contributed by atoms with Crippen molar-refractivity contribution < 1.29 is 5.94 Å². The fourth-order valence-corrected chi connectivity index (χ4v) is 5.74. The standard InChI is InChI=1S/C27H32N/c1-19-25(21-11-5-6-12-21)17-23(20-9-3-4-10-20)18-26(19)27-24-14-8-7-13-22(24)15-16-28(27)2/h7-8,13-18,20-21H,3-6,9-12H2,1-2H3/q+1/i16D. The van der Waals surface area contributed by atoms with E-state index in [9.17, 15) is 0 Å². The Hall–Kier alpha value is -2.15. The molecule has 1 heteroatoms. The lowest BCUT2D eigenvalue weighted by molar-refractivity contribution is -0.659. The molecule has 3 aromatic rings. The maximum atomic E-state index is 8.57. The Bertz CT molecular complexity index is 1060. The summed E-state index contributed by atoms with van der Waals surface area (Å²) in [5.41, 5.74) is 7.13. The van der Waals surface area contributed by atoms with Crippen LogP contribution in [0.2, 0.25) is 0 Å². The predicted octanol–water partition coefficient (Wildman–Crippen LogP) is 6.95. The topological polar surface area (TPSA) is 3.88 Å². The summed E-state index contributed by atoms with van der Waals surface area (Å²) in [5.74, 6) is 1.43. The van der Waals surface area contributed by atoms with Crippen molar-refractivity contribution >= 4 is 10.8 Å². The quantitative estimate of drug-likeness (QED) is 0.438. The average Bonchev–Trinajstić information content (AvgIpc) is 3.44. The highest BCUT2D eigenvalue weighted by Crippen LogP contribution is 2.43. The number of benzene rings is 2. The number of nitrogens with zero attached hydrogens (tertiary/aromatic N) is 1. The Labute approximate surface area is 170 Å². The van der Waals surface area contributed by atoms with Gasteiger partial charge in [0.05, 0.1) is 10.9 Å². The molecule has 1 aromatic heterocycles. The second-order valence-corrected chi connectivity index (χ2v) is 9.01. The van der Waals surface area contributed by atoms with Gasteiger partial charge in [-0.25, -0.2) is 4.57 Å². The molecule has 2 saturated carbocycles. The van der Waals surface area contributed by atoms with Gasteiger partial charge in [0.25, 0.3) is 0 Å². The van der Waals surface area contributed by atoms with E-state index in [2.05, 4.69) is 54.9 Å². The molecule has 0 radical (unpaired) electrons. The van der Waals surface area contributed by atoms with Gasteiger partial charge in [-0.2, -0.15) is 0 Å². The van der Waals surface area contributed by atoms with Crippen molar-refractivity contribution in [1.29, 1.82) is 0 Å². The van der Waals surface area contributed by atoms with Crippen molar-refractivity contribution in [3.8, 4) is 11.3 Å². The number of hydrogen-bond acceptors (Lipinski definition) is 0. The first-order chi connectivity index (χ1) is 14.1. The minimum absolute atomic E-state index is 0.576. The summed E-state index contributed by atoms with van der Waals surface area (Å²) < 4.78 is 10.7. The molecule has 0 unspecified atom stereocenters. The molecule has 0 aliphatic heterocycles. The molecule has 1 nitrogen and oxygen atoms in total. The highest BCUT2D eigenvalue weighted by Gasteiger charge is 2.27. The average molecular weight is 372 g/mol. The lowest BCUT2D eigenvalue weighted by Crippen LogP contribution is -2.31. The molecule has 0 saturated heterocycles. The van der Waals surface area contributed by atoms with Crippen molar-refractivity contribution in [1.82, 2.24) is 0 Å². The minimum atomic E-state index is 0.576. The molecular formula is C27H32N+. The maximum Gasteiger partial charge on any atom is 0.220 e. The monoisotopic (exact) mass is 371 g/mol. The van der Waals surface area contributed by atoms with E-state index in [0.29, 0.717) is 18.0 Å². The molecule has 0 atom stereocenters. The Kier molecular flexibility index (Phi) is 4.40. The van der Waals surface area contributed by atoms with E-state index in [0.717, 1.165) is 0 Å². The third-order valence-corrected chi connectivity index (χ3v) is 7.31. The van der Waals surface area contributed by atoms with Crippen molar-refractivity contribution in [3.63, 3.8) is 0 Å². The highest BCUT2D eigenvalue weighted by molar-refractivity contribution is 5.93. The van der Waals surface area contributed by atoms with Gasteiger partial charge in [-0.05, 0) is 78.7 Å². The van der Waals surface area contributed by atoms with Gasteiger partial charge in [0.2, 0.25) is 5.69 Å². The van der Waals surface area contributed by atoms with Crippen molar-refractivity contribution in [3.05, 3.63) is 65.3 Å². The molecule has 2 aromatic carbocycles. The van der Waals surface area contributed by atoms with Gasteiger partial charge in [0.15, 0.2) is 6.17 Å². The first-order valence-electron chi connectivity index (χ1n) is 11.7. The summed E-state index contributed by atoms with van der Waals surface area (Å²) in [5, 5.41) is 2.42. The maximum absolute atomic E-state index is 8.57. The first kappa shape index (κ1) is 16.8. The molecule has 0 spiro atoms. The summed E-state index contributed by atoms with van der Waals surface area (Å²) >= 11 is 0. The van der Waals surface area contributed by atoms with E-state index in [1.165, 1.54) is 79.0 Å². The fourth-order valence-electron chi connectivity index (χ4n) is 5.74. The van der Waals surface area contributed by atoms with Crippen LogP contribution in [0.25, 0.3) is 22.0 Å². The van der Waals surface area contributed by atoms with Crippen LogP contribution >= 0.6 is 0 Å². The zero-order valence-electron chi connectivity index (χ0n) is 18.3. The zero-order chi connectivity index (χ0) is 20.0. The van der Waals surface area contributed by atoms with Crippen LogP contribution in [-0.4, -0.2) is 0 Å². The van der Waals surface area contributed by atoms with Gasteiger partial charge < -0.3 is 0 Å². The Balaban J connectivity index is 1.78. The van der Waals surface area contributed by atoms with Crippen LogP contribution in [0.4, 0.5) is 0 Å². The smallest absolute Gasteiger partial charge is 0.200 e. The van der Waals surface area contributed by atoms with E-state index in [4.69, 9.17) is 1.37 Å². The van der Waals surface area contributed by atoms with Crippen LogP contribution in [-0.2, 0) is 7.05 Å². The summed E-state index contributed by atoms with van der Waals surface area (Å²) in [4.78, 5) is 0. The highest BCUT2D eigenvalue weighted by atomic mass is 14.9. The SMILES string of the molecule is [2H]c1cc2ccccc2c(-c2cc(C3CCCC3)cc(C3CCCC3)c2C)[n+]1C. The number of fused-ring (bicyclic) bond motifs is 1. The molecule has 5 rings (SSSR count). The van der Waals surface area contributed by atoms with Crippen molar-refractivity contribution in [2.24, 2.45) is 7.05 Å². The Morgan fingerprint density at radius 3 is 2.32 bits per heavy atom. The Morgan fingerprint density at radius 1 is 0.893 bits per heavy atom. The van der Waals surface area contributed by atoms with Crippen molar-refractivity contribution in [2.75, 3.05) is 0 Å².